The number of aliphatic hydroxyl groups is 2. The van der Waals surface area contributed by atoms with E-state index in [2.05, 4.69) is 10.2 Å². The lowest BCUT2D eigenvalue weighted by molar-refractivity contribution is 0.00354. The Morgan fingerprint density at radius 1 is 1.20 bits per heavy atom. The van der Waals surface area contributed by atoms with Crippen molar-refractivity contribution in [3.05, 3.63) is 0 Å². The zero-order valence-electron chi connectivity index (χ0n) is 13.0. The van der Waals surface area contributed by atoms with E-state index in [1.54, 1.807) is 0 Å². The van der Waals surface area contributed by atoms with Crippen molar-refractivity contribution in [3.8, 4) is 0 Å². The summed E-state index contributed by atoms with van der Waals surface area (Å²) >= 11 is 0. The Bertz CT molecular complexity index is 270. The second-order valence-corrected chi connectivity index (χ2v) is 7.01. The van der Waals surface area contributed by atoms with Gasteiger partial charge in [-0.3, -0.25) is 0 Å². The number of β-amino-alcohol motifs (C(OH)–C–C–N with tert-alkyl or cyclic N) is 1. The molecule has 4 heteroatoms. The van der Waals surface area contributed by atoms with Crippen LogP contribution in [-0.2, 0) is 0 Å². The zero-order chi connectivity index (χ0) is 14.4. The summed E-state index contributed by atoms with van der Waals surface area (Å²) in [6.07, 6.45) is 7.76. The van der Waals surface area contributed by atoms with E-state index in [1.165, 1.54) is 32.1 Å². The van der Waals surface area contributed by atoms with Crippen molar-refractivity contribution in [2.45, 2.75) is 63.6 Å². The van der Waals surface area contributed by atoms with E-state index < -0.39 is 5.60 Å². The Balaban J connectivity index is 1.59. The van der Waals surface area contributed by atoms with Gasteiger partial charge in [-0.1, -0.05) is 19.3 Å². The molecule has 4 nitrogen and oxygen atoms in total. The van der Waals surface area contributed by atoms with Crippen molar-refractivity contribution in [2.75, 3.05) is 32.7 Å². The van der Waals surface area contributed by atoms with Crippen LogP contribution in [0.25, 0.3) is 0 Å². The van der Waals surface area contributed by atoms with Gasteiger partial charge in [0.1, 0.15) is 0 Å². The molecule has 0 aromatic carbocycles. The first-order valence-corrected chi connectivity index (χ1v) is 8.41. The summed E-state index contributed by atoms with van der Waals surface area (Å²) < 4.78 is 0. The molecule has 0 amide bonds. The summed E-state index contributed by atoms with van der Waals surface area (Å²) in [6, 6.07) is 0. The van der Waals surface area contributed by atoms with Crippen LogP contribution in [0.2, 0.25) is 0 Å². The number of hydrogen-bond donors (Lipinski definition) is 3. The number of piperidine rings is 1. The molecular weight excluding hydrogens is 252 g/mol. The van der Waals surface area contributed by atoms with E-state index in [0.29, 0.717) is 0 Å². The van der Waals surface area contributed by atoms with Crippen molar-refractivity contribution in [3.63, 3.8) is 0 Å². The smallest absolute Gasteiger partial charge is 0.0771 e. The number of likely N-dealkylation sites (tertiary alicyclic amines) is 1. The predicted molar refractivity (Wildman–Crippen MR) is 81.7 cm³/mol. The van der Waals surface area contributed by atoms with E-state index >= 15 is 0 Å². The quantitative estimate of drug-likeness (QED) is 0.689. The third kappa shape index (κ3) is 5.32. The van der Waals surface area contributed by atoms with Gasteiger partial charge in [-0.15, -0.1) is 0 Å². The molecule has 0 radical (unpaired) electrons. The van der Waals surface area contributed by atoms with Crippen LogP contribution in [0.15, 0.2) is 0 Å². The molecule has 0 spiro atoms. The van der Waals surface area contributed by atoms with E-state index in [-0.39, 0.29) is 6.10 Å². The third-order valence-electron chi connectivity index (χ3n) is 4.90. The van der Waals surface area contributed by atoms with Gasteiger partial charge in [-0.25, -0.2) is 0 Å². The molecule has 0 bridgehead atoms. The van der Waals surface area contributed by atoms with E-state index in [0.717, 1.165) is 51.5 Å². The molecule has 2 fully saturated rings. The molecule has 1 atom stereocenters. The lowest BCUT2D eigenvalue weighted by Crippen LogP contribution is -2.45. The van der Waals surface area contributed by atoms with Crippen LogP contribution in [0.4, 0.5) is 0 Å². The van der Waals surface area contributed by atoms with Crippen LogP contribution >= 0.6 is 0 Å². The minimum Gasteiger partial charge on any atom is -0.392 e. The summed E-state index contributed by atoms with van der Waals surface area (Å²) in [7, 11) is 0. The largest absolute Gasteiger partial charge is 0.392 e. The Labute approximate surface area is 123 Å². The highest BCUT2D eigenvalue weighted by Gasteiger charge is 2.29. The summed E-state index contributed by atoms with van der Waals surface area (Å²) in [5, 5.41) is 23.3. The first-order chi connectivity index (χ1) is 9.57. The van der Waals surface area contributed by atoms with Crippen molar-refractivity contribution >= 4 is 0 Å². The Hall–Kier alpha value is -0.160. The average Bonchev–Trinajstić information content (AvgIpc) is 2.41. The second-order valence-electron chi connectivity index (χ2n) is 7.01. The fourth-order valence-corrected chi connectivity index (χ4v) is 3.64. The van der Waals surface area contributed by atoms with Crippen LogP contribution in [0.3, 0.4) is 0 Å². The van der Waals surface area contributed by atoms with Crippen molar-refractivity contribution in [2.24, 2.45) is 5.92 Å². The molecule has 0 aromatic rings. The molecule has 3 N–H and O–H groups in total. The minimum atomic E-state index is -0.439. The number of nitrogens with zero attached hydrogens (tertiary/aromatic N) is 1. The molecule has 118 valence electrons. The molecule has 2 rings (SSSR count). The number of rotatable bonds is 6. The maximum Gasteiger partial charge on any atom is 0.0771 e. The SMILES string of the molecule is C[C@@H](O)CN1CCC(CNCC2(O)CCCCC2)CC1. The van der Waals surface area contributed by atoms with Gasteiger partial charge < -0.3 is 20.4 Å². The molecule has 1 saturated carbocycles. The topological polar surface area (TPSA) is 55.7 Å². The maximum absolute atomic E-state index is 10.4. The fourth-order valence-electron chi connectivity index (χ4n) is 3.64. The molecule has 0 unspecified atom stereocenters. The normalized spacial score (nSPS) is 26.6. The molecule has 0 aromatic heterocycles. The predicted octanol–water partition coefficient (Wildman–Crippen LogP) is 1.36. The number of nitrogens with one attached hydrogen (secondary N) is 1. The number of hydrogen-bond acceptors (Lipinski definition) is 4. The van der Waals surface area contributed by atoms with Crippen LogP contribution in [-0.4, -0.2) is 59.5 Å². The molecule has 20 heavy (non-hydrogen) atoms. The zero-order valence-corrected chi connectivity index (χ0v) is 13.0. The van der Waals surface area contributed by atoms with Gasteiger partial charge in [0.2, 0.25) is 0 Å². The van der Waals surface area contributed by atoms with E-state index in [1.807, 2.05) is 6.92 Å². The van der Waals surface area contributed by atoms with Crippen molar-refractivity contribution in [1.29, 1.82) is 0 Å². The highest BCUT2D eigenvalue weighted by atomic mass is 16.3. The van der Waals surface area contributed by atoms with Gasteiger partial charge in [0.15, 0.2) is 0 Å². The Morgan fingerprint density at radius 2 is 1.85 bits per heavy atom. The van der Waals surface area contributed by atoms with Gasteiger partial charge in [-0.05, 0) is 58.2 Å². The highest BCUT2D eigenvalue weighted by molar-refractivity contribution is 4.85. The first-order valence-electron chi connectivity index (χ1n) is 8.41. The Kier molecular flexibility index (Phi) is 6.27. The van der Waals surface area contributed by atoms with Crippen LogP contribution in [0.1, 0.15) is 51.9 Å². The third-order valence-corrected chi connectivity index (χ3v) is 4.90. The van der Waals surface area contributed by atoms with Crippen molar-refractivity contribution in [1.82, 2.24) is 10.2 Å². The summed E-state index contributed by atoms with van der Waals surface area (Å²) in [6.45, 7) is 6.66. The van der Waals surface area contributed by atoms with Crippen molar-refractivity contribution < 1.29 is 10.2 Å². The maximum atomic E-state index is 10.4. The lowest BCUT2D eigenvalue weighted by atomic mass is 9.84. The van der Waals surface area contributed by atoms with Gasteiger partial charge >= 0.3 is 0 Å². The van der Waals surface area contributed by atoms with Crippen LogP contribution in [0.5, 0.6) is 0 Å². The van der Waals surface area contributed by atoms with Gasteiger partial charge in [0, 0.05) is 13.1 Å². The van der Waals surface area contributed by atoms with Gasteiger partial charge in [0.05, 0.1) is 11.7 Å². The van der Waals surface area contributed by atoms with Crippen LogP contribution in [0, 0.1) is 5.92 Å². The molecule has 2 aliphatic rings. The Morgan fingerprint density at radius 3 is 2.45 bits per heavy atom. The van der Waals surface area contributed by atoms with Crippen LogP contribution < -0.4 is 5.32 Å². The summed E-state index contributed by atoms with van der Waals surface area (Å²) in [5.74, 6) is 0.729. The van der Waals surface area contributed by atoms with Gasteiger partial charge in [0.25, 0.3) is 0 Å². The minimum absolute atomic E-state index is 0.217. The number of aliphatic hydroxyl groups excluding tert-OH is 1. The van der Waals surface area contributed by atoms with Gasteiger partial charge in [-0.2, -0.15) is 0 Å². The molecule has 1 saturated heterocycles. The average molecular weight is 284 g/mol. The molecular formula is C16H32N2O2. The van der Waals surface area contributed by atoms with E-state index in [9.17, 15) is 10.2 Å². The highest BCUT2D eigenvalue weighted by Crippen LogP contribution is 2.27. The van der Waals surface area contributed by atoms with E-state index in [4.69, 9.17) is 0 Å². The standard InChI is InChI=1S/C16H32N2O2/c1-14(19)12-18-9-5-15(6-10-18)11-17-13-16(20)7-3-2-4-8-16/h14-15,17,19-20H,2-13H2,1H3/t14-/m1/s1. The molecule has 1 aliphatic carbocycles. The molecule has 1 aliphatic heterocycles. The lowest BCUT2D eigenvalue weighted by Gasteiger charge is -2.35. The summed E-state index contributed by atoms with van der Waals surface area (Å²) in [4.78, 5) is 2.36. The monoisotopic (exact) mass is 284 g/mol. The first kappa shape index (κ1) is 16.2. The molecule has 1 heterocycles. The summed E-state index contributed by atoms with van der Waals surface area (Å²) in [5.41, 5.74) is -0.439. The second kappa shape index (κ2) is 7.74. The fraction of sp³-hybridized carbons (Fsp3) is 1.00.